The third-order valence-electron chi connectivity index (χ3n) is 5.57. The standard InChI is InChI=1S/C25H25ClN4O2S/c1-29-16-13-27-25(29)33-22-9-8-20(26)17-21(22)28-24(32)19-11-14-30(15-12-19)23(31)10-7-18-5-3-2-4-6-18/h2-10,13,16-17,19H,11-12,14-15H2,1H3,(H,28,32)/b10-7+. The van der Waals surface area contributed by atoms with E-state index in [1.54, 1.807) is 29.3 Å². The zero-order valence-electron chi connectivity index (χ0n) is 18.3. The highest BCUT2D eigenvalue weighted by Crippen LogP contribution is 2.35. The second-order valence-corrected chi connectivity index (χ2v) is 9.34. The monoisotopic (exact) mass is 480 g/mol. The largest absolute Gasteiger partial charge is 0.339 e. The number of nitrogens with zero attached hydrogens (tertiary/aromatic N) is 3. The number of benzene rings is 2. The van der Waals surface area contributed by atoms with Crippen LogP contribution >= 0.6 is 23.4 Å². The van der Waals surface area contributed by atoms with E-state index in [-0.39, 0.29) is 17.7 Å². The molecule has 0 spiro atoms. The van der Waals surface area contributed by atoms with Crippen molar-refractivity contribution in [2.45, 2.75) is 22.9 Å². The molecule has 0 saturated carbocycles. The van der Waals surface area contributed by atoms with Crippen molar-refractivity contribution in [3.63, 3.8) is 0 Å². The first-order chi connectivity index (χ1) is 16.0. The minimum absolute atomic E-state index is 0.0266. The summed E-state index contributed by atoms with van der Waals surface area (Å²) >= 11 is 7.67. The lowest BCUT2D eigenvalue weighted by molar-refractivity contribution is -0.130. The summed E-state index contributed by atoms with van der Waals surface area (Å²) < 4.78 is 1.92. The minimum Gasteiger partial charge on any atom is -0.339 e. The molecule has 0 unspecified atom stereocenters. The zero-order valence-corrected chi connectivity index (χ0v) is 19.9. The molecule has 1 fully saturated rings. The minimum atomic E-state index is -0.155. The van der Waals surface area contributed by atoms with Crippen molar-refractivity contribution in [1.82, 2.24) is 14.5 Å². The van der Waals surface area contributed by atoms with Crippen LogP contribution in [0.5, 0.6) is 0 Å². The van der Waals surface area contributed by atoms with Crippen molar-refractivity contribution < 1.29 is 9.59 Å². The molecule has 6 nitrogen and oxygen atoms in total. The smallest absolute Gasteiger partial charge is 0.246 e. The van der Waals surface area contributed by atoms with E-state index in [9.17, 15) is 9.59 Å². The van der Waals surface area contributed by atoms with Gasteiger partial charge in [-0.05, 0) is 54.4 Å². The Hall–Kier alpha value is -3.03. The number of amides is 2. The lowest BCUT2D eigenvalue weighted by atomic mass is 9.95. The first-order valence-corrected chi connectivity index (χ1v) is 12.0. The molecular formula is C25H25ClN4O2S. The molecular weight excluding hydrogens is 456 g/mol. The topological polar surface area (TPSA) is 67.2 Å². The van der Waals surface area contributed by atoms with Crippen molar-refractivity contribution in [3.8, 4) is 0 Å². The Balaban J connectivity index is 1.35. The van der Waals surface area contributed by atoms with Gasteiger partial charge in [-0.3, -0.25) is 9.59 Å². The molecule has 1 aliphatic heterocycles. The molecule has 2 amide bonds. The van der Waals surface area contributed by atoms with Gasteiger partial charge in [0.05, 0.1) is 5.69 Å². The molecule has 1 aliphatic rings. The van der Waals surface area contributed by atoms with Gasteiger partial charge in [-0.25, -0.2) is 4.98 Å². The number of aryl methyl sites for hydroxylation is 1. The van der Waals surface area contributed by atoms with Crippen LogP contribution in [0.1, 0.15) is 18.4 Å². The second-order valence-electron chi connectivity index (χ2n) is 7.90. The fourth-order valence-corrected chi connectivity index (χ4v) is 4.71. The number of anilines is 1. The number of piperidine rings is 1. The number of halogens is 1. The van der Waals surface area contributed by atoms with Crippen LogP contribution in [0.25, 0.3) is 6.08 Å². The SMILES string of the molecule is Cn1ccnc1Sc1ccc(Cl)cc1NC(=O)C1CCN(C(=O)/C=C/c2ccccc2)CC1. The third kappa shape index (κ3) is 6.06. The highest BCUT2D eigenvalue weighted by Gasteiger charge is 2.27. The molecule has 2 aromatic carbocycles. The molecule has 0 aliphatic carbocycles. The fourth-order valence-electron chi connectivity index (χ4n) is 3.67. The highest BCUT2D eigenvalue weighted by atomic mass is 35.5. The lowest BCUT2D eigenvalue weighted by Crippen LogP contribution is -2.40. The van der Waals surface area contributed by atoms with E-state index in [4.69, 9.17) is 11.6 Å². The van der Waals surface area contributed by atoms with Crippen molar-refractivity contribution >= 4 is 46.9 Å². The Morgan fingerprint density at radius 1 is 1.15 bits per heavy atom. The number of aromatic nitrogens is 2. The van der Waals surface area contributed by atoms with E-state index in [0.717, 1.165) is 15.6 Å². The molecule has 3 aromatic rings. The van der Waals surface area contributed by atoms with Crippen LogP contribution in [-0.4, -0.2) is 39.4 Å². The van der Waals surface area contributed by atoms with Crippen molar-refractivity contribution in [2.75, 3.05) is 18.4 Å². The molecule has 0 bridgehead atoms. The summed E-state index contributed by atoms with van der Waals surface area (Å²) in [5.74, 6) is -0.232. The average Bonchev–Trinajstić information content (AvgIpc) is 3.24. The normalized spacial score (nSPS) is 14.5. The second kappa shape index (κ2) is 10.7. The number of nitrogens with one attached hydrogen (secondary N) is 1. The maximum atomic E-state index is 13.0. The number of hydrogen-bond donors (Lipinski definition) is 1. The summed E-state index contributed by atoms with van der Waals surface area (Å²) in [6.07, 6.45) is 8.28. The van der Waals surface area contributed by atoms with Gasteiger partial charge < -0.3 is 14.8 Å². The van der Waals surface area contributed by atoms with Gasteiger partial charge in [-0.2, -0.15) is 0 Å². The number of carbonyl (C=O) groups excluding carboxylic acids is 2. The van der Waals surface area contributed by atoms with Crippen LogP contribution in [0.2, 0.25) is 5.02 Å². The van der Waals surface area contributed by atoms with Gasteiger partial charge in [-0.1, -0.05) is 41.9 Å². The van der Waals surface area contributed by atoms with Crippen molar-refractivity contribution in [2.24, 2.45) is 13.0 Å². The molecule has 1 aromatic heterocycles. The number of likely N-dealkylation sites (tertiary alicyclic amines) is 1. The fraction of sp³-hybridized carbons (Fsp3) is 0.240. The molecule has 1 saturated heterocycles. The zero-order chi connectivity index (χ0) is 23.2. The predicted molar refractivity (Wildman–Crippen MR) is 132 cm³/mol. The predicted octanol–water partition coefficient (Wildman–Crippen LogP) is 5.12. The molecule has 0 radical (unpaired) electrons. The Kier molecular flexibility index (Phi) is 7.52. The first kappa shape index (κ1) is 23.1. The molecule has 1 N–H and O–H groups in total. The van der Waals surface area contributed by atoms with E-state index in [1.807, 2.05) is 60.3 Å². The summed E-state index contributed by atoms with van der Waals surface area (Å²) in [4.78, 5) is 32.5. The summed E-state index contributed by atoms with van der Waals surface area (Å²) in [5.41, 5.74) is 1.66. The van der Waals surface area contributed by atoms with Crippen molar-refractivity contribution in [3.05, 3.63) is 77.6 Å². The first-order valence-electron chi connectivity index (χ1n) is 10.8. The maximum Gasteiger partial charge on any atom is 0.246 e. The maximum absolute atomic E-state index is 13.0. The number of carbonyl (C=O) groups is 2. The Morgan fingerprint density at radius 3 is 2.61 bits per heavy atom. The molecule has 170 valence electrons. The van der Waals surface area contributed by atoms with Crippen LogP contribution < -0.4 is 5.32 Å². The molecule has 2 heterocycles. The van der Waals surface area contributed by atoms with Gasteiger partial charge in [0, 0.05) is 54.4 Å². The van der Waals surface area contributed by atoms with Crippen LogP contribution in [0, 0.1) is 5.92 Å². The van der Waals surface area contributed by atoms with Gasteiger partial charge in [0.1, 0.15) is 0 Å². The van der Waals surface area contributed by atoms with E-state index in [1.165, 1.54) is 11.8 Å². The van der Waals surface area contributed by atoms with Crippen LogP contribution in [0.15, 0.2) is 77.1 Å². The third-order valence-corrected chi connectivity index (χ3v) is 6.96. The van der Waals surface area contributed by atoms with Crippen LogP contribution in [0.4, 0.5) is 5.69 Å². The Bertz CT molecular complexity index is 1150. The summed E-state index contributed by atoms with van der Waals surface area (Å²) in [6.45, 7) is 1.11. The van der Waals surface area contributed by atoms with Gasteiger partial charge in [0.25, 0.3) is 0 Å². The highest BCUT2D eigenvalue weighted by molar-refractivity contribution is 7.99. The quantitative estimate of drug-likeness (QED) is 0.497. The summed E-state index contributed by atoms with van der Waals surface area (Å²) in [6, 6.07) is 15.2. The van der Waals surface area contributed by atoms with E-state index in [0.29, 0.717) is 36.6 Å². The number of rotatable bonds is 6. The Labute approximate surface area is 202 Å². The average molecular weight is 481 g/mol. The van der Waals surface area contributed by atoms with E-state index < -0.39 is 0 Å². The molecule has 33 heavy (non-hydrogen) atoms. The van der Waals surface area contributed by atoms with Crippen molar-refractivity contribution in [1.29, 1.82) is 0 Å². The number of imidazole rings is 1. The van der Waals surface area contributed by atoms with Gasteiger partial charge in [0.2, 0.25) is 11.8 Å². The number of hydrogen-bond acceptors (Lipinski definition) is 4. The molecule has 4 rings (SSSR count). The summed E-state index contributed by atoms with van der Waals surface area (Å²) in [5, 5.41) is 4.42. The van der Waals surface area contributed by atoms with Crippen LogP contribution in [-0.2, 0) is 16.6 Å². The lowest BCUT2D eigenvalue weighted by Gasteiger charge is -2.30. The van der Waals surface area contributed by atoms with Crippen LogP contribution in [0.3, 0.4) is 0 Å². The van der Waals surface area contributed by atoms with Gasteiger partial charge >= 0.3 is 0 Å². The van der Waals surface area contributed by atoms with Gasteiger partial charge in [0.15, 0.2) is 5.16 Å². The summed E-state index contributed by atoms with van der Waals surface area (Å²) in [7, 11) is 1.92. The van der Waals surface area contributed by atoms with Gasteiger partial charge in [-0.15, -0.1) is 0 Å². The Morgan fingerprint density at radius 2 is 1.91 bits per heavy atom. The van der Waals surface area contributed by atoms with E-state index >= 15 is 0 Å². The van der Waals surface area contributed by atoms with E-state index in [2.05, 4.69) is 10.3 Å². The molecule has 0 atom stereocenters. The molecule has 8 heteroatoms.